The maximum absolute atomic E-state index is 10.4. The average Bonchev–Trinajstić information content (AvgIpc) is 3.80. The van der Waals surface area contributed by atoms with Crippen molar-refractivity contribution in [3.05, 3.63) is 59.7 Å². The predicted octanol–water partition coefficient (Wildman–Crippen LogP) is 7.49. The minimum atomic E-state index is 0.0369. The van der Waals surface area contributed by atoms with E-state index < -0.39 is 0 Å². The first-order valence-corrected chi connectivity index (χ1v) is 16.7. The van der Waals surface area contributed by atoms with E-state index in [2.05, 4.69) is 24.3 Å². The fourth-order valence-corrected chi connectivity index (χ4v) is 16.2. The summed E-state index contributed by atoms with van der Waals surface area (Å²) in [5.41, 5.74) is 3.02. The van der Waals surface area contributed by atoms with Gasteiger partial charge in [0, 0.05) is 5.41 Å². The summed E-state index contributed by atoms with van der Waals surface area (Å²) in [5, 5.41) is 20.9. The summed E-state index contributed by atoms with van der Waals surface area (Å²) >= 11 is 0. The van der Waals surface area contributed by atoms with Crippen LogP contribution in [0.4, 0.5) is 0 Å². The van der Waals surface area contributed by atoms with E-state index in [1.165, 1.54) is 49.7 Å². The average molecular weight is 519 g/mol. The molecule has 39 heavy (non-hydrogen) atoms. The van der Waals surface area contributed by atoms with E-state index in [4.69, 9.17) is 0 Å². The molecule has 9 saturated carbocycles. The molecule has 202 valence electrons. The molecule has 0 aromatic heterocycles. The Kier molecular flexibility index (Phi) is 3.85. The molecule has 2 nitrogen and oxygen atoms in total. The van der Waals surface area contributed by atoms with Crippen LogP contribution in [0.2, 0.25) is 0 Å². The van der Waals surface area contributed by atoms with Crippen molar-refractivity contribution in [2.24, 2.45) is 94.7 Å². The van der Waals surface area contributed by atoms with Crippen molar-refractivity contribution < 1.29 is 10.2 Å². The molecule has 11 rings (SSSR count). The van der Waals surface area contributed by atoms with Gasteiger partial charge < -0.3 is 10.2 Å². The smallest absolute Gasteiger partial charge is 0.115 e. The maximum atomic E-state index is 10.4. The van der Waals surface area contributed by atoms with Crippen molar-refractivity contribution in [1.29, 1.82) is 0 Å². The van der Waals surface area contributed by atoms with Crippen molar-refractivity contribution >= 4 is 0 Å². The van der Waals surface area contributed by atoms with Gasteiger partial charge in [0.05, 0.1) is 0 Å². The van der Waals surface area contributed by atoms with Crippen molar-refractivity contribution in [3.8, 4) is 11.5 Å². The summed E-state index contributed by atoms with van der Waals surface area (Å²) in [5.74, 6) is 15.9. The third-order valence-corrected chi connectivity index (χ3v) is 16.1. The molecule has 0 amide bonds. The van der Waals surface area contributed by atoms with Gasteiger partial charge in [-0.15, -0.1) is 0 Å². The highest BCUT2D eigenvalue weighted by molar-refractivity contribution is 5.50. The molecule has 16 unspecified atom stereocenters. The lowest BCUT2D eigenvalue weighted by Gasteiger charge is -2.50. The molecular weight excluding hydrogens is 476 g/mol. The summed E-state index contributed by atoms with van der Waals surface area (Å²) in [7, 11) is 0. The second kappa shape index (κ2) is 6.91. The Hall–Kier alpha value is -1.96. The zero-order valence-electron chi connectivity index (χ0n) is 22.9. The third kappa shape index (κ3) is 2.26. The van der Waals surface area contributed by atoms with Gasteiger partial charge in [-0.1, -0.05) is 24.3 Å². The number of hydrogen-bond acceptors (Lipinski definition) is 2. The largest absolute Gasteiger partial charge is 0.508 e. The van der Waals surface area contributed by atoms with E-state index in [1.807, 2.05) is 24.3 Å². The summed E-state index contributed by atoms with van der Waals surface area (Å²) in [6, 6.07) is 17.3. The fraction of sp³-hybridized carbons (Fsp3) is 0.676. The summed E-state index contributed by atoms with van der Waals surface area (Å²) in [6.07, 6.45) is 12.2. The number of benzene rings is 2. The van der Waals surface area contributed by atoms with Gasteiger partial charge in [-0.25, -0.2) is 0 Å². The Labute approximate surface area is 232 Å². The van der Waals surface area contributed by atoms with Crippen LogP contribution in [0.1, 0.15) is 62.5 Å². The van der Waals surface area contributed by atoms with E-state index in [0.717, 1.165) is 94.7 Å². The molecule has 9 aliphatic rings. The number of aromatic hydroxyl groups is 2. The number of phenolic OH excluding ortho intramolecular Hbond substituents is 2. The van der Waals surface area contributed by atoms with E-state index in [1.54, 1.807) is 12.8 Å². The molecule has 0 saturated heterocycles. The molecule has 16 atom stereocenters. The van der Waals surface area contributed by atoms with Gasteiger partial charge in [0.25, 0.3) is 0 Å². The minimum Gasteiger partial charge on any atom is -0.508 e. The van der Waals surface area contributed by atoms with Gasteiger partial charge in [0.15, 0.2) is 0 Å². The Balaban J connectivity index is 1.17. The van der Waals surface area contributed by atoms with Gasteiger partial charge in [0.2, 0.25) is 0 Å². The van der Waals surface area contributed by atoms with Crippen LogP contribution < -0.4 is 0 Å². The van der Waals surface area contributed by atoms with Crippen LogP contribution in [0.15, 0.2) is 48.5 Å². The Morgan fingerprint density at radius 3 is 1.18 bits per heavy atom. The quantitative estimate of drug-likeness (QED) is 0.405. The lowest BCUT2D eigenvalue weighted by molar-refractivity contribution is 0.0131. The Bertz CT molecular complexity index is 1260. The number of fused-ring (bicyclic) bond motifs is 25. The van der Waals surface area contributed by atoms with Crippen molar-refractivity contribution in [2.45, 2.75) is 56.8 Å². The molecule has 9 fully saturated rings. The molecule has 0 radical (unpaired) electrons. The molecule has 9 aliphatic carbocycles. The highest BCUT2D eigenvalue weighted by Gasteiger charge is 2.81. The molecule has 0 heterocycles. The third-order valence-electron chi connectivity index (χ3n) is 16.1. The molecule has 0 spiro atoms. The van der Waals surface area contributed by atoms with Gasteiger partial charge in [-0.3, -0.25) is 0 Å². The standard InChI is InChI=1S/C37H42O2/c38-23-9-5-21(6-10-23)37(22-7-11-24(39)12-8-22)35-27-15-25(29-17-1-3-19(13-17)31(27)29)33(35)34-26-16-28(36(34)37)32-20-4-2-18(14-20)30(26)32/h5-12,17-20,25-36,38-39H,1-4,13-16H2. The normalized spacial score (nSPS) is 55.3. The van der Waals surface area contributed by atoms with Crippen molar-refractivity contribution in [3.63, 3.8) is 0 Å². The van der Waals surface area contributed by atoms with E-state index >= 15 is 0 Å². The number of phenols is 2. The lowest BCUT2D eigenvalue weighted by atomic mass is 9.52. The monoisotopic (exact) mass is 518 g/mol. The summed E-state index contributed by atoms with van der Waals surface area (Å²) in [6.45, 7) is 0. The zero-order valence-corrected chi connectivity index (χ0v) is 22.9. The van der Waals surface area contributed by atoms with Crippen LogP contribution in [0.5, 0.6) is 11.5 Å². The van der Waals surface area contributed by atoms with Crippen LogP contribution in [-0.2, 0) is 5.41 Å². The van der Waals surface area contributed by atoms with Crippen LogP contribution in [0.3, 0.4) is 0 Å². The number of hydrogen-bond donors (Lipinski definition) is 2. The Morgan fingerprint density at radius 1 is 0.436 bits per heavy atom. The van der Waals surface area contributed by atoms with E-state index in [9.17, 15) is 10.2 Å². The molecule has 2 heteroatoms. The van der Waals surface area contributed by atoms with Crippen molar-refractivity contribution in [1.82, 2.24) is 0 Å². The summed E-state index contributed by atoms with van der Waals surface area (Å²) < 4.78 is 0. The van der Waals surface area contributed by atoms with Crippen LogP contribution in [0, 0.1) is 94.7 Å². The van der Waals surface area contributed by atoms with Crippen LogP contribution in [0.25, 0.3) is 0 Å². The highest BCUT2D eigenvalue weighted by Crippen LogP contribution is 2.85. The van der Waals surface area contributed by atoms with Crippen LogP contribution >= 0.6 is 0 Å². The molecular formula is C37H42O2. The van der Waals surface area contributed by atoms with Crippen LogP contribution in [-0.4, -0.2) is 10.2 Å². The van der Waals surface area contributed by atoms with Gasteiger partial charge in [0.1, 0.15) is 11.5 Å². The Morgan fingerprint density at radius 2 is 0.795 bits per heavy atom. The minimum absolute atomic E-state index is 0.0369. The predicted molar refractivity (Wildman–Crippen MR) is 150 cm³/mol. The lowest BCUT2D eigenvalue weighted by Crippen LogP contribution is -2.48. The van der Waals surface area contributed by atoms with E-state index in [-0.39, 0.29) is 5.41 Å². The summed E-state index contributed by atoms with van der Waals surface area (Å²) in [4.78, 5) is 0. The second-order valence-corrected chi connectivity index (χ2v) is 16.3. The first kappa shape index (κ1) is 21.7. The molecule has 0 aliphatic heterocycles. The fourth-order valence-electron chi connectivity index (χ4n) is 16.2. The van der Waals surface area contributed by atoms with Gasteiger partial charge >= 0.3 is 0 Å². The molecule has 2 N–H and O–H groups in total. The number of rotatable bonds is 2. The highest BCUT2D eigenvalue weighted by atomic mass is 16.3. The molecule has 8 bridgehead atoms. The SMILES string of the molecule is Oc1ccc(C2(c3ccc(O)cc3)C3C4CC(C5C6CCC(C6)C45)C3C3C4CC(C5C6CCC(C6)C45)C32)cc1. The zero-order chi connectivity index (χ0) is 25.4. The van der Waals surface area contributed by atoms with Gasteiger partial charge in [-0.2, -0.15) is 0 Å². The first-order chi connectivity index (χ1) is 19.1. The molecule has 2 aromatic carbocycles. The second-order valence-electron chi connectivity index (χ2n) is 16.3. The first-order valence-electron chi connectivity index (χ1n) is 16.7. The van der Waals surface area contributed by atoms with Gasteiger partial charge in [-0.05, 0) is 181 Å². The maximum Gasteiger partial charge on any atom is 0.115 e. The van der Waals surface area contributed by atoms with Crippen molar-refractivity contribution in [2.75, 3.05) is 0 Å². The van der Waals surface area contributed by atoms with E-state index in [0.29, 0.717) is 11.5 Å². The molecule has 2 aromatic rings. The topological polar surface area (TPSA) is 40.5 Å².